The highest BCUT2D eigenvalue weighted by Crippen LogP contribution is 2.22. The van der Waals surface area contributed by atoms with Gasteiger partial charge in [0, 0.05) is 0 Å². The monoisotopic (exact) mass is 364 g/mol. The summed E-state index contributed by atoms with van der Waals surface area (Å²) in [4.78, 5) is 24.2. The second-order valence-corrected chi connectivity index (χ2v) is 5.72. The molecule has 1 aromatic heterocycles. The van der Waals surface area contributed by atoms with Crippen molar-refractivity contribution in [2.45, 2.75) is 13.5 Å². The smallest absolute Gasteiger partial charge is 0.260 e. The van der Waals surface area contributed by atoms with E-state index in [9.17, 15) is 14.7 Å². The molecule has 0 aliphatic heterocycles. The first-order valence-electron chi connectivity index (χ1n) is 8.44. The van der Waals surface area contributed by atoms with Crippen molar-refractivity contribution in [3.8, 4) is 5.75 Å². The molecule has 1 heterocycles. The third-order valence-corrected chi connectivity index (χ3v) is 3.90. The Kier molecular flexibility index (Phi) is 5.51. The molecule has 0 spiro atoms. The van der Waals surface area contributed by atoms with Crippen LogP contribution in [0.4, 0.5) is 5.82 Å². The number of ether oxygens (including phenoxy) is 1. The summed E-state index contributed by atoms with van der Waals surface area (Å²) in [7, 11) is 0. The number of hydrogen-bond donors (Lipinski definition) is 1. The molecular formula is C20H18N3O4-. The van der Waals surface area contributed by atoms with E-state index in [0.29, 0.717) is 24.5 Å². The van der Waals surface area contributed by atoms with E-state index in [2.05, 4.69) is 10.4 Å². The molecule has 0 aliphatic carbocycles. The van der Waals surface area contributed by atoms with E-state index in [1.165, 1.54) is 10.9 Å². The Hall–Kier alpha value is -3.61. The third kappa shape index (κ3) is 4.14. The molecule has 0 unspecified atom stereocenters. The normalized spacial score (nSPS) is 10.4. The fraction of sp³-hybridized carbons (Fsp3) is 0.150. The Bertz CT molecular complexity index is 951. The topological polar surface area (TPSA) is 96.3 Å². The summed E-state index contributed by atoms with van der Waals surface area (Å²) in [6.07, 6.45) is 1.17. The van der Waals surface area contributed by atoms with Crippen LogP contribution in [0.25, 0.3) is 0 Å². The van der Waals surface area contributed by atoms with Crippen molar-refractivity contribution in [1.29, 1.82) is 0 Å². The first-order chi connectivity index (χ1) is 13.1. The van der Waals surface area contributed by atoms with Gasteiger partial charge in [0.25, 0.3) is 5.91 Å². The number of hydrogen-bond acceptors (Lipinski definition) is 5. The summed E-state index contributed by atoms with van der Waals surface area (Å²) in [5.41, 5.74) is 1.03. The quantitative estimate of drug-likeness (QED) is 0.691. The lowest BCUT2D eigenvalue weighted by Gasteiger charge is -2.14. The molecule has 0 saturated carbocycles. The van der Waals surface area contributed by atoms with E-state index in [4.69, 9.17) is 4.74 Å². The molecule has 3 rings (SSSR count). The van der Waals surface area contributed by atoms with Gasteiger partial charge >= 0.3 is 0 Å². The largest absolute Gasteiger partial charge is 0.545 e. The summed E-state index contributed by atoms with van der Waals surface area (Å²) in [6.45, 7) is 2.52. The molecule has 3 aromatic rings. The average molecular weight is 364 g/mol. The van der Waals surface area contributed by atoms with Gasteiger partial charge in [-0.1, -0.05) is 42.5 Å². The van der Waals surface area contributed by atoms with Gasteiger partial charge in [-0.15, -0.1) is 0 Å². The molecule has 7 heteroatoms. The number of aromatic carboxylic acids is 1. The van der Waals surface area contributed by atoms with Crippen molar-refractivity contribution < 1.29 is 19.4 Å². The van der Waals surface area contributed by atoms with Gasteiger partial charge in [0.15, 0.2) is 0 Å². The Labute approximate surface area is 156 Å². The summed E-state index contributed by atoms with van der Waals surface area (Å²) in [5.74, 6) is -1.42. The summed E-state index contributed by atoms with van der Waals surface area (Å²) in [6, 6.07) is 16.1. The number of aromatic nitrogens is 2. The number of nitrogens with one attached hydrogen (secondary N) is 1. The second kappa shape index (κ2) is 8.18. The number of benzene rings is 2. The van der Waals surface area contributed by atoms with Gasteiger partial charge in [-0.3, -0.25) is 4.79 Å². The van der Waals surface area contributed by atoms with Gasteiger partial charge in [0.1, 0.15) is 11.6 Å². The molecule has 0 aliphatic rings. The zero-order valence-corrected chi connectivity index (χ0v) is 14.7. The number of carboxylic acids is 1. The minimum Gasteiger partial charge on any atom is -0.545 e. The molecular weight excluding hydrogens is 346 g/mol. The number of carboxylic acid groups (broad SMARTS) is 1. The van der Waals surface area contributed by atoms with E-state index in [-0.39, 0.29) is 11.4 Å². The molecule has 0 radical (unpaired) electrons. The number of rotatable bonds is 7. The lowest BCUT2D eigenvalue weighted by molar-refractivity contribution is -0.254. The molecule has 0 fully saturated rings. The Morgan fingerprint density at radius 2 is 1.78 bits per heavy atom. The lowest BCUT2D eigenvalue weighted by atomic mass is 10.2. The fourth-order valence-corrected chi connectivity index (χ4v) is 2.65. The van der Waals surface area contributed by atoms with Gasteiger partial charge in [-0.2, -0.15) is 5.10 Å². The molecule has 7 nitrogen and oxygen atoms in total. The van der Waals surface area contributed by atoms with Crippen molar-refractivity contribution in [2.75, 3.05) is 11.9 Å². The Morgan fingerprint density at radius 1 is 1.07 bits per heavy atom. The molecule has 0 saturated heterocycles. The van der Waals surface area contributed by atoms with Crippen LogP contribution in [-0.2, 0) is 6.54 Å². The number of carbonyl (C=O) groups is 2. The Morgan fingerprint density at radius 3 is 2.48 bits per heavy atom. The van der Waals surface area contributed by atoms with Crippen LogP contribution < -0.4 is 15.2 Å². The van der Waals surface area contributed by atoms with Crippen LogP contribution in [0.15, 0.2) is 60.8 Å². The van der Waals surface area contributed by atoms with E-state index >= 15 is 0 Å². The van der Waals surface area contributed by atoms with Crippen LogP contribution in [0.1, 0.15) is 33.2 Å². The molecule has 138 valence electrons. The minimum absolute atomic E-state index is 0.0650. The van der Waals surface area contributed by atoms with E-state index in [0.717, 1.165) is 5.56 Å². The van der Waals surface area contributed by atoms with Crippen molar-refractivity contribution in [2.24, 2.45) is 0 Å². The van der Waals surface area contributed by atoms with Crippen molar-refractivity contribution in [3.05, 3.63) is 77.5 Å². The van der Waals surface area contributed by atoms with Gasteiger partial charge in [-0.25, -0.2) is 4.68 Å². The maximum atomic E-state index is 12.7. The zero-order chi connectivity index (χ0) is 19.2. The standard InChI is InChI=1S/C20H19N3O4/c1-2-27-17-11-7-6-10-15(17)19(24)22-18-16(20(25)26)12-21-23(18)13-14-8-4-3-5-9-14/h3-12H,2,13H2,1H3,(H,22,24)(H,25,26)/p-1. The second-order valence-electron chi connectivity index (χ2n) is 5.72. The number of carbonyl (C=O) groups excluding carboxylic acids is 2. The predicted octanol–water partition coefficient (Wildman–Crippen LogP) is 1.95. The van der Waals surface area contributed by atoms with Gasteiger partial charge in [-0.05, 0) is 24.6 Å². The first-order valence-corrected chi connectivity index (χ1v) is 8.44. The molecule has 1 N–H and O–H groups in total. The van der Waals surface area contributed by atoms with Crippen molar-refractivity contribution in [1.82, 2.24) is 9.78 Å². The van der Waals surface area contributed by atoms with Gasteiger partial charge in [0.2, 0.25) is 0 Å². The average Bonchev–Trinajstić information content (AvgIpc) is 3.06. The van der Waals surface area contributed by atoms with Crippen LogP contribution in [0, 0.1) is 0 Å². The van der Waals surface area contributed by atoms with Crippen LogP contribution in [0.2, 0.25) is 0 Å². The molecule has 27 heavy (non-hydrogen) atoms. The predicted molar refractivity (Wildman–Crippen MR) is 97.7 cm³/mol. The molecule has 0 bridgehead atoms. The maximum Gasteiger partial charge on any atom is 0.260 e. The molecule has 2 aromatic carbocycles. The number of nitrogens with zero attached hydrogens (tertiary/aromatic N) is 2. The molecule has 0 atom stereocenters. The third-order valence-electron chi connectivity index (χ3n) is 3.90. The number of para-hydroxylation sites is 1. The van der Waals surface area contributed by atoms with Crippen LogP contribution in [0.3, 0.4) is 0 Å². The number of amides is 1. The maximum absolute atomic E-state index is 12.7. The van der Waals surface area contributed by atoms with E-state index in [1.807, 2.05) is 37.3 Å². The van der Waals surface area contributed by atoms with Crippen LogP contribution >= 0.6 is 0 Å². The molecule has 1 amide bonds. The SMILES string of the molecule is CCOc1ccccc1C(=O)Nc1c(C(=O)[O-])cnn1Cc1ccccc1. The Balaban J connectivity index is 1.92. The van der Waals surface area contributed by atoms with Crippen molar-refractivity contribution in [3.63, 3.8) is 0 Å². The fourth-order valence-electron chi connectivity index (χ4n) is 2.65. The minimum atomic E-state index is -1.41. The first kappa shape index (κ1) is 18.2. The number of anilines is 1. The lowest BCUT2D eigenvalue weighted by Crippen LogP contribution is -2.25. The highest BCUT2D eigenvalue weighted by Gasteiger charge is 2.18. The van der Waals surface area contributed by atoms with Crippen LogP contribution in [-0.4, -0.2) is 28.3 Å². The van der Waals surface area contributed by atoms with Gasteiger partial charge in [0.05, 0.1) is 36.4 Å². The zero-order valence-electron chi connectivity index (χ0n) is 14.7. The summed E-state index contributed by atoms with van der Waals surface area (Å²) < 4.78 is 6.89. The summed E-state index contributed by atoms with van der Waals surface area (Å²) in [5, 5.41) is 18.2. The summed E-state index contributed by atoms with van der Waals surface area (Å²) >= 11 is 0. The highest BCUT2D eigenvalue weighted by atomic mass is 16.5. The van der Waals surface area contributed by atoms with Gasteiger partial charge < -0.3 is 20.0 Å². The van der Waals surface area contributed by atoms with E-state index in [1.54, 1.807) is 24.3 Å². The van der Waals surface area contributed by atoms with E-state index < -0.39 is 11.9 Å². The highest BCUT2D eigenvalue weighted by molar-refractivity contribution is 6.08. The van der Waals surface area contributed by atoms with Crippen LogP contribution in [0.5, 0.6) is 5.75 Å². The van der Waals surface area contributed by atoms with Crippen molar-refractivity contribution >= 4 is 17.7 Å².